The Morgan fingerprint density at radius 3 is 2.65 bits per heavy atom. The van der Waals surface area contributed by atoms with Crippen molar-refractivity contribution >= 4 is 11.8 Å². The number of aromatic hydroxyl groups is 1. The Morgan fingerprint density at radius 1 is 1.45 bits per heavy atom. The molecule has 0 unspecified atom stereocenters. The number of alkyl carbamates (subject to hydrolysis) is 1. The molecule has 20 heavy (non-hydrogen) atoms. The predicted octanol–water partition coefficient (Wildman–Crippen LogP) is 2.37. The van der Waals surface area contributed by atoms with E-state index in [4.69, 9.17) is 4.74 Å². The van der Waals surface area contributed by atoms with Crippen molar-refractivity contribution in [2.75, 3.05) is 6.54 Å². The van der Waals surface area contributed by atoms with Crippen molar-refractivity contribution in [1.29, 1.82) is 0 Å². The molecule has 0 radical (unpaired) electrons. The van der Waals surface area contributed by atoms with Crippen molar-refractivity contribution in [3.05, 3.63) is 33.9 Å². The number of nitro groups is 1. The third kappa shape index (κ3) is 5.13. The molecular formula is C13H18N2O5. The molecule has 1 aromatic rings. The van der Waals surface area contributed by atoms with Crippen molar-refractivity contribution in [2.24, 2.45) is 0 Å². The number of nitrogens with one attached hydrogen (secondary N) is 1. The average Bonchev–Trinajstić information content (AvgIpc) is 2.28. The number of phenols is 1. The quantitative estimate of drug-likeness (QED) is 0.652. The van der Waals surface area contributed by atoms with E-state index >= 15 is 0 Å². The Labute approximate surface area is 116 Å². The molecule has 1 amide bonds. The van der Waals surface area contributed by atoms with Crippen LogP contribution in [-0.2, 0) is 11.2 Å². The van der Waals surface area contributed by atoms with E-state index in [1.165, 1.54) is 12.1 Å². The second-order valence-corrected chi connectivity index (χ2v) is 5.26. The number of nitro benzene ring substituents is 1. The fourth-order valence-electron chi connectivity index (χ4n) is 1.49. The summed E-state index contributed by atoms with van der Waals surface area (Å²) < 4.78 is 5.06. The normalized spacial score (nSPS) is 10.9. The van der Waals surface area contributed by atoms with E-state index in [9.17, 15) is 20.0 Å². The van der Waals surface area contributed by atoms with Crippen LogP contribution in [0.15, 0.2) is 18.2 Å². The molecule has 0 bridgehead atoms. The van der Waals surface area contributed by atoms with Gasteiger partial charge in [-0.05, 0) is 38.8 Å². The van der Waals surface area contributed by atoms with E-state index in [2.05, 4.69) is 5.32 Å². The minimum atomic E-state index is -0.653. The number of carbonyl (C=O) groups is 1. The maximum Gasteiger partial charge on any atom is 0.407 e. The lowest BCUT2D eigenvalue weighted by atomic mass is 10.1. The fourth-order valence-corrected chi connectivity index (χ4v) is 1.49. The number of hydrogen-bond donors (Lipinski definition) is 2. The molecule has 0 fully saturated rings. The van der Waals surface area contributed by atoms with Gasteiger partial charge < -0.3 is 15.2 Å². The lowest BCUT2D eigenvalue weighted by Gasteiger charge is -2.19. The van der Waals surface area contributed by atoms with Gasteiger partial charge in [0.1, 0.15) is 5.60 Å². The standard InChI is InChI=1S/C13H18N2O5/c1-13(2,3)20-12(17)14-7-6-9-4-5-11(16)10(8-9)15(18)19/h4-5,8,16H,6-7H2,1-3H3,(H,14,17). The molecule has 1 aromatic carbocycles. The molecule has 0 aromatic heterocycles. The first-order valence-corrected chi connectivity index (χ1v) is 6.12. The summed E-state index contributed by atoms with van der Waals surface area (Å²) in [6.07, 6.45) is -0.133. The average molecular weight is 282 g/mol. The molecule has 7 heteroatoms. The highest BCUT2D eigenvalue weighted by molar-refractivity contribution is 5.67. The number of benzene rings is 1. The van der Waals surface area contributed by atoms with Crippen LogP contribution in [0.5, 0.6) is 5.75 Å². The highest BCUT2D eigenvalue weighted by Gasteiger charge is 2.16. The summed E-state index contributed by atoms with van der Waals surface area (Å²) in [6, 6.07) is 4.12. The maximum absolute atomic E-state index is 11.4. The van der Waals surface area contributed by atoms with E-state index < -0.39 is 16.6 Å². The minimum absolute atomic E-state index is 0.289. The van der Waals surface area contributed by atoms with Crippen molar-refractivity contribution < 1.29 is 19.6 Å². The summed E-state index contributed by atoms with van der Waals surface area (Å²) in [4.78, 5) is 21.4. The summed E-state index contributed by atoms with van der Waals surface area (Å²) in [6.45, 7) is 5.57. The molecule has 0 aliphatic rings. The number of rotatable bonds is 4. The van der Waals surface area contributed by atoms with Crippen LogP contribution in [0.1, 0.15) is 26.3 Å². The molecule has 0 aliphatic carbocycles. The molecule has 0 heterocycles. The predicted molar refractivity (Wildman–Crippen MR) is 72.7 cm³/mol. The molecule has 1 rings (SSSR count). The van der Waals surface area contributed by atoms with Gasteiger partial charge in [0.25, 0.3) is 0 Å². The lowest BCUT2D eigenvalue weighted by molar-refractivity contribution is -0.385. The molecular weight excluding hydrogens is 264 g/mol. The third-order valence-electron chi connectivity index (χ3n) is 2.32. The molecule has 110 valence electrons. The molecule has 0 spiro atoms. The van der Waals surface area contributed by atoms with Gasteiger partial charge in [-0.2, -0.15) is 0 Å². The first kappa shape index (κ1) is 15.7. The third-order valence-corrected chi connectivity index (χ3v) is 2.32. The SMILES string of the molecule is CC(C)(C)OC(=O)NCCc1ccc(O)c([N+](=O)[O-])c1. The summed E-state index contributed by atoms with van der Waals surface area (Å²) in [5, 5.41) is 22.5. The van der Waals surface area contributed by atoms with Gasteiger partial charge in [0.2, 0.25) is 0 Å². The van der Waals surface area contributed by atoms with Crippen LogP contribution >= 0.6 is 0 Å². The number of carbonyl (C=O) groups excluding carboxylic acids is 1. The number of hydrogen-bond acceptors (Lipinski definition) is 5. The Balaban J connectivity index is 2.53. The minimum Gasteiger partial charge on any atom is -0.502 e. The Morgan fingerprint density at radius 2 is 2.10 bits per heavy atom. The van der Waals surface area contributed by atoms with E-state index in [0.717, 1.165) is 0 Å². The zero-order valence-electron chi connectivity index (χ0n) is 11.7. The summed E-state index contributed by atoms with van der Waals surface area (Å²) in [5.41, 5.74) is -0.271. The van der Waals surface area contributed by atoms with Crippen LogP contribution < -0.4 is 5.32 Å². The van der Waals surface area contributed by atoms with Gasteiger partial charge in [0.15, 0.2) is 5.75 Å². The Bertz CT molecular complexity index is 508. The van der Waals surface area contributed by atoms with Crippen LogP contribution in [0.25, 0.3) is 0 Å². The zero-order chi connectivity index (χ0) is 15.3. The smallest absolute Gasteiger partial charge is 0.407 e. The first-order chi connectivity index (χ1) is 9.19. The Kier molecular flexibility index (Phi) is 4.90. The monoisotopic (exact) mass is 282 g/mol. The van der Waals surface area contributed by atoms with Crippen LogP contribution in [0.3, 0.4) is 0 Å². The van der Waals surface area contributed by atoms with Crippen molar-refractivity contribution in [3.63, 3.8) is 0 Å². The summed E-state index contributed by atoms with van der Waals surface area (Å²) in [5.74, 6) is -0.376. The zero-order valence-corrected chi connectivity index (χ0v) is 11.7. The lowest BCUT2D eigenvalue weighted by Crippen LogP contribution is -2.33. The van der Waals surface area contributed by atoms with E-state index in [-0.39, 0.29) is 18.0 Å². The van der Waals surface area contributed by atoms with Crippen molar-refractivity contribution in [2.45, 2.75) is 32.8 Å². The number of nitrogens with zero attached hydrogens (tertiary/aromatic N) is 1. The van der Waals surface area contributed by atoms with E-state index in [0.29, 0.717) is 12.0 Å². The van der Waals surface area contributed by atoms with Crippen LogP contribution in [0.4, 0.5) is 10.5 Å². The van der Waals surface area contributed by atoms with Crippen LogP contribution in [0, 0.1) is 10.1 Å². The number of ether oxygens (including phenoxy) is 1. The molecule has 0 atom stereocenters. The molecule has 0 aliphatic heterocycles. The second kappa shape index (κ2) is 6.23. The molecule has 7 nitrogen and oxygen atoms in total. The van der Waals surface area contributed by atoms with Gasteiger partial charge in [-0.1, -0.05) is 6.07 Å². The largest absolute Gasteiger partial charge is 0.502 e. The van der Waals surface area contributed by atoms with Gasteiger partial charge in [-0.3, -0.25) is 10.1 Å². The van der Waals surface area contributed by atoms with Gasteiger partial charge in [-0.15, -0.1) is 0 Å². The number of phenolic OH excluding ortho intramolecular Hbond substituents is 1. The van der Waals surface area contributed by atoms with Gasteiger partial charge >= 0.3 is 11.8 Å². The van der Waals surface area contributed by atoms with E-state index in [1.807, 2.05) is 0 Å². The van der Waals surface area contributed by atoms with Crippen LogP contribution in [-0.4, -0.2) is 28.3 Å². The van der Waals surface area contributed by atoms with Crippen LogP contribution in [0.2, 0.25) is 0 Å². The highest BCUT2D eigenvalue weighted by atomic mass is 16.6. The fraction of sp³-hybridized carbons (Fsp3) is 0.462. The van der Waals surface area contributed by atoms with Gasteiger partial charge in [-0.25, -0.2) is 4.79 Å². The summed E-state index contributed by atoms with van der Waals surface area (Å²) >= 11 is 0. The number of amides is 1. The van der Waals surface area contributed by atoms with E-state index in [1.54, 1.807) is 26.8 Å². The second-order valence-electron chi connectivity index (χ2n) is 5.26. The van der Waals surface area contributed by atoms with Gasteiger partial charge in [0, 0.05) is 12.6 Å². The molecule has 2 N–H and O–H groups in total. The maximum atomic E-state index is 11.4. The van der Waals surface area contributed by atoms with Gasteiger partial charge in [0.05, 0.1) is 4.92 Å². The topological polar surface area (TPSA) is 102 Å². The molecule has 0 saturated heterocycles. The Hall–Kier alpha value is -2.31. The molecule has 0 saturated carbocycles. The highest BCUT2D eigenvalue weighted by Crippen LogP contribution is 2.26. The van der Waals surface area contributed by atoms with Crippen molar-refractivity contribution in [1.82, 2.24) is 5.32 Å². The first-order valence-electron chi connectivity index (χ1n) is 6.12. The summed E-state index contributed by atoms with van der Waals surface area (Å²) in [7, 11) is 0. The van der Waals surface area contributed by atoms with Crippen molar-refractivity contribution in [3.8, 4) is 5.75 Å².